The number of hydrogen-bond acceptors (Lipinski definition) is 6. The largest absolute Gasteiger partial charge is 0.340 e. The molecule has 1 aliphatic rings. The first-order valence-corrected chi connectivity index (χ1v) is 5.31. The Morgan fingerprint density at radius 1 is 1.50 bits per heavy atom. The van der Waals surface area contributed by atoms with E-state index >= 15 is 0 Å². The molecule has 1 aromatic heterocycles. The van der Waals surface area contributed by atoms with Gasteiger partial charge >= 0.3 is 0 Å². The Morgan fingerprint density at radius 3 is 2.79 bits per heavy atom. The number of nitriles is 1. The van der Waals surface area contributed by atoms with Crippen molar-refractivity contribution in [3.63, 3.8) is 0 Å². The number of nitrogens with zero attached hydrogens (tertiary/aromatic N) is 4. The average Bonchev–Trinajstić information content (AvgIpc) is 2.67. The van der Waals surface area contributed by atoms with Gasteiger partial charge in [0.15, 0.2) is 0 Å². The van der Waals surface area contributed by atoms with Crippen LogP contribution in [0.3, 0.4) is 0 Å². The van der Waals surface area contributed by atoms with E-state index in [9.17, 15) is 0 Å². The molecule has 0 saturated carbocycles. The molecule has 2 heterocycles. The summed E-state index contributed by atoms with van der Waals surface area (Å²) in [5.41, 5.74) is 5.79. The predicted octanol–water partition coefficient (Wildman–Crippen LogP) is 0.337. The van der Waals surface area contributed by atoms with Crippen molar-refractivity contribution < 1.29 is 0 Å². The Hall–Kier alpha value is -1.19. The van der Waals surface area contributed by atoms with Gasteiger partial charge in [-0.25, -0.2) is 0 Å². The second-order valence-electron chi connectivity index (χ2n) is 3.34. The van der Waals surface area contributed by atoms with Crippen molar-refractivity contribution in [2.75, 3.05) is 18.0 Å². The maximum atomic E-state index is 8.61. The molecular formula is C8H11N5S. The molecule has 2 rings (SSSR count). The van der Waals surface area contributed by atoms with E-state index in [1.165, 1.54) is 0 Å². The molecule has 0 aliphatic carbocycles. The molecule has 5 nitrogen and oxygen atoms in total. The third-order valence-electron chi connectivity index (χ3n) is 2.33. The van der Waals surface area contributed by atoms with E-state index in [4.69, 9.17) is 11.0 Å². The van der Waals surface area contributed by atoms with Gasteiger partial charge in [-0.05, 0) is 24.4 Å². The van der Waals surface area contributed by atoms with Crippen LogP contribution in [0.4, 0.5) is 5.95 Å². The Balaban J connectivity index is 2.05. The van der Waals surface area contributed by atoms with E-state index < -0.39 is 0 Å². The van der Waals surface area contributed by atoms with Crippen molar-refractivity contribution in [1.82, 2.24) is 9.36 Å². The molecular weight excluding hydrogens is 198 g/mol. The van der Waals surface area contributed by atoms with Gasteiger partial charge in [0.2, 0.25) is 11.0 Å². The number of nitrogens with two attached hydrogens (primary N) is 1. The molecule has 1 aliphatic heterocycles. The van der Waals surface area contributed by atoms with Crippen LogP contribution in [0.15, 0.2) is 0 Å². The molecule has 0 bridgehead atoms. The lowest BCUT2D eigenvalue weighted by molar-refractivity contribution is 0.497. The minimum atomic E-state index is 0.306. The van der Waals surface area contributed by atoms with Crippen molar-refractivity contribution in [2.24, 2.45) is 5.73 Å². The predicted molar refractivity (Wildman–Crippen MR) is 54.0 cm³/mol. The van der Waals surface area contributed by atoms with Crippen LogP contribution in [0, 0.1) is 11.3 Å². The molecule has 1 aromatic rings. The van der Waals surface area contributed by atoms with E-state index in [2.05, 4.69) is 14.3 Å². The smallest absolute Gasteiger partial charge is 0.238 e. The molecule has 14 heavy (non-hydrogen) atoms. The fourth-order valence-corrected chi connectivity index (χ4v) is 1.98. The van der Waals surface area contributed by atoms with E-state index in [1.54, 1.807) is 0 Å². The normalized spacial score (nSPS) is 18.1. The first kappa shape index (κ1) is 9.37. The second-order valence-corrected chi connectivity index (χ2v) is 4.09. The number of piperidine rings is 1. The summed E-state index contributed by atoms with van der Waals surface area (Å²) in [5, 5.41) is 9.04. The highest BCUT2D eigenvalue weighted by Gasteiger charge is 2.19. The van der Waals surface area contributed by atoms with Crippen LogP contribution >= 0.6 is 11.5 Å². The van der Waals surface area contributed by atoms with Gasteiger partial charge in [-0.1, -0.05) is 0 Å². The van der Waals surface area contributed by atoms with Crippen LogP contribution in [0.25, 0.3) is 0 Å². The van der Waals surface area contributed by atoms with E-state index in [1.807, 2.05) is 6.07 Å². The Labute approximate surface area is 86.3 Å². The van der Waals surface area contributed by atoms with Gasteiger partial charge in [0.25, 0.3) is 0 Å². The highest BCUT2D eigenvalue weighted by Crippen LogP contribution is 2.17. The number of rotatable bonds is 1. The number of hydrogen-bond donors (Lipinski definition) is 1. The molecule has 0 radical (unpaired) electrons. The van der Waals surface area contributed by atoms with Gasteiger partial charge in [-0.2, -0.15) is 14.6 Å². The lowest BCUT2D eigenvalue weighted by Gasteiger charge is -2.28. The summed E-state index contributed by atoms with van der Waals surface area (Å²) >= 11 is 1.15. The van der Waals surface area contributed by atoms with Crippen molar-refractivity contribution in [2.45, 2.75) is 18.9 Å². The summed E-state index contributed by atoms with van der Waals surface area (Å²) in [5.74, 6) is 0.679. The summed E-state index contributed by atoms with van der Waals surface area (Å²) in [6.45, 7) is 1.78. The van der Waals surface area contributed by atoms with E-state index in [0.29, 0.717) is 17.0 Å². The fraction of sp³-hybridized carbons (Fsp3) is 0.625. The molecule has 0 spiro atoms. The first-order valence-electron chi connectivity index (χ1n) is 4.54. The quantitative estimate of drug-likeness (QED) is 0.721. The van der Waals surface area contributed by atoms with Crippen LogP contribution in [0.1, 0.15) is 17.8 Å². The zero-order chi connectivity index (χ0) is 9.97. The van der Waals surface area contributed by atoms with E-state index in [0.717, 1.165) is 37.5 Å². The summed E-state index contributed by atoms with van der Waals surface area (Å²) in [7, 11) is 0. The standard InChI is InChI=1S/C8H11N5S/c9-5-7-11-8(12-14-7)13-3-1-6(10)2-4-13/h6H,1-4,10H2. The molecule has 0 atom stereocenters. The molecule has 1 fully saturated rings. The van der Waals surface area contributed by atoms with Crippen molar-refractivity contribution >= 4 is 17.5 Å². The molecule has 74 valence electrons. The van der Waals surface area contributed by atoms with Gasteiger partial charge in [-0.15, -0.1) is 0 Å². The summed E-state index contributed by atoms with van der Waals surface area (Å²) in [6.07, 6.45) is 1.95. The van der Waals surface area contributed by atoms with Gasteiger partial charge in [0.05, 0.1) is 0 Å². The third-order valence-corrected chi connectivity index (χ3v) is 2.94. The minimum Gasteiger partial charge on any atom is -0.340 e. The molecule has 6 heteroatoms. The van der Waals surface area contributed by atoms with Crippen LogP contribution in [-0.4, -0.2) is 28.5 Å². The zero-order valence-electron chi connectivity index (χ0n) is 7.68. The topological polar surface area (TPSA) is 78.8 Å². The van der Waals surface area contributed by atoms with Crippen LogP contribution in [0.2, 0.25) is 0 Å². The van der Waals surface area contributed by atoms with Crippen LogP contribution in [-0.2, 0) is 0 Å². The molecule has 1 saturated heterocycles. The number of aromatic nitrogens is 2. The van der Waals surface area contributed by atoms with Crippen molar-refractivity contribution in [1.29, 1.82) is 5.26 Å². The van der Waals surface area contributed by atoms with Gasteiger partial charge < -0.3 is 10.6 Å². The van der Waals surface area contributed by atoms with Gasteiger partial charge in [0, 0.05) is 19.1 Å². The Bertz CT molecular complexity index is 347. The Morgan fingerprint density at radius 2 is 2.21 bits per heavy atom. The van der Waals surface area contributed by atoms with Crippen LogP contribution in [0.5, 0.6) is 0 Å². The third kappa shape index (κ3) is 1.84. The van der Waals surface area contributed by atoms with Gasteiger partial charge in [0.1, 0.15) is 6.07 Å². The molecule has 0 unspecified atom stereocenters. The number of anilines is 1. The van der Waals surface area contributed by atoms with E-state index in [-0.39, 0.29) is 0 Å². The lowest BCUT2D eigenvalue weighted by Crippen LogP contribution is -2.40. The highest BCUT2D eigenvalue weighted by molar-refractivity contribution is 7.06. The highest BCUT2D eigenvalue weighted by atomic mass is 32.1. The first-order chi connectivity index (χ1) is 6.79. The zero-order valence-corrected chi connectivity index (χ0v) is 8.50. The summed E-state index contributed by atoms with van der Waals surface area (Å²) < 4.78 is 4.13. The monoisotopic (exact) mass is 209 g/mol. The maximum absolute atomic E-state index is 8.61. The van der Waals surface area contributed by atoms with Gasteiger partial charge in [-0.3, -0.25) is 0 Å². The van der Waals surface area contributed by atoms with Crippen molar-refractivity contribution in [3.05, 3.63) is 5.01 Å². The molecule has 0 aromatic carbocycles. The fourth-order valence-electron chi connectivity index (χ4n) is 1.49. The summed E-state index contributed by atoms with van der Waals surface area (Å²) in [6, 6.07) is 2.29. The van der Waals surface area contributed by atoms with Crippen LogP contribution < -0.4 is 10.6 Å². The lowest BCUT2D eigenvalue weighted by atomic mass is 10.1. The van der Waals surface area contributed by atoms with Crippen molar-refractivity contribution in [3.8, 4) is 6.07 Å². The maximum Gasteiger partial charge on any atom is 0.238 e. The second kappa shape index (κ2) is 3.90. The SMILES string of the molecule is N#Cc1nc(N2CCC(N)CC2)ns1. The minimum absolute atomic E-state index is 0.306. The molecule has 2 N–H and O–H groups in total. The average molecular weight is 209 g/mol. The molecule has 0 amide bonds. The Kier molecular flexibility index (Phi) is 2.61. The summed E-state index contributed by atoms with van der Waals surface area (Å²) in [4.78, 5) is 6.19.